The molecule has 1 aromatic heterocycles. The molecule has 0 radical (unpaired) electrons. The zero-order valence-corrected chi connectivity index (χ0v) is 21.4. The van der Waals surface area contributed by atoms with E-state index in [0.717, 1.165) is 39.5 Å². The molecule has 7 nitrogen and oxygen atoms in total. The summed E-state index contributed by atoms with van der Waals surface area (Å²) in [4.78, 5) is 28.7. The average Bonchev–Trinajstić information content (AvgIpc) is 3.25. The second kappa shape index (κ2) is 11.1. The third-order valence-electron chi connectivity index (χ3n) is 5.95. The molecule has 0 spiro atoms. The first-order valence-corrected chi connectivity index (χ1v) is 12.7. The van der Waals surface area contributed by atoms with E-state index in [-0.39, 0.29) is 16.8 Å². The van der Waals surface area contributed by atoms with E-state index in [1.165, 1.54) is 0 Å². The Morgan fingerprint density at radius 3 is 2.37 bits per heavy atom. The van der Waals surface area contributed by atoms with E-state index in [0.29, 0.717) is 22.7 Å². The topological polar surface area (TPSA) is 94.7 Å². The fraction of sp³-hybridized carbons (Fsp3) is 0.0667. The third-order valence-corrected chi connectivity index (χ3v) is 6.83. The lowest BCUT2D eigenvalue weighted by Gasteiger charge is -2.19. The van der Waals surface area contributed by atoms with Gasteiger partial charge in [0.15, 0.2) is 0 Å². The molecule has 0 bridgehead atoms. The van der Waals surface area contributed by atoms with E-state index in [9.17, 15) is 14.7 Å². The molecule has 1 heterocycles. The van der Waals surface area contributed by atoms with Gasteiger partial charge in [-0.3, -0.25) is 14.7 Å². The van der Waals surface area contributed by atoms with Gasteiger partial charge in [-0.2, -0.15) is 0 Å². The Morgan fingerprint density at radius 1 is 0.895 bits per heavy atom. The van der Waals surface area contributed by atoms with Gasteiger partial charge in [-0.1, -0.05) is 72.0 Å². The first kappa shape index (κ1) is 24.9. The highest BCUT2D eigenvalue weighted by Crippen LogP contribution is 2.28. The maximum absolute atomic E-state index is 13.0. The number of rotatable bonds is 7. The molecule has 0 atom stereocenters. The van der Waals surface area contributed by atoms with Crippen molar-refractivity contribution < 1.29 is 14.6 Å². The molecule has 4 aromatic carbocycles. The number of anilines is 2. The number of carbonyl (C=O) groups excluding carboxylic acids is 1. The van der Waals surface area contributed by atoms with Crippen molar-refractivity contribution >= 4 is 28.7 Å². The van der Waals surface area contributed by atoms with Crippen LogP contribution in [-0.4, -0.2) is 23.2 Å². The summed E-state index contributed by atoms with van der Waals surface area (Å²) >= 11 is 1.01. The minimum Gasteiger partial charge on any atom is -0.494 e. The molecule has 0 unspecified atom stereocenters. The highest BCUT2D eigenvalue weighted by molar-refractivity contribution is 7.09. The number of thiazole rings is 1. The van der Waals surface area contributed by atoms with Crippen molar-refractivity contribution in [1.29, 1.82) is 0 Å². The van der Waals surface area contributed by atoms with Crippen LogP contribution in [0.15, 0.2) is 108 Å². The Balaban J connectivity index is 1.26. The summed E-state index contributed by atoms with van der Waals surface area (Å²) in [6.45, 7) is 0. The second-order valence-electron chi connectivity index (χ2n) is 8.64. The van der Waals surface area contributed by atoms with Crippen LogP contribution in [0.4, 0.5) is 16.2 Å². The summed E-state index contributed by atoms with van der Waals surface area (Å²) in [7, 11) is 1.72. The Labute approximate surface area is 223 Å². The number of urea groups is 1. The molecule has 38 heavy (non-hydrogen) atoms. The normalized spacial score (nSPS) is 10.7. The van der Waals surface area contributed by atoms with Gasteiger partial charge >= 0.3 is 10.9 Å². The maximum Gasteiger partial charge on any atom is 0.326 e. The quantitative estimate of drug-likeness (QED) is 0.217. The number of hydrogen-bond acceptors (Lipinski definition) is 5. The van der Waals surface area contributed by atoms with Gasteiger partial charge in [-0.25, -0.2) is 4.79 Å². The molecule has 5 aromatic rings. The summed E-state index contributed by atoms with van der Waals surface area (Å²) in [6, 6.07) is 32.1. The molecule has 0 saturated carbocycles. The second-order valence-corrected chi connectivity index (χ2v) is 9.71. The number of ether oxygens (including phenoxy) is 1. The lowest BCUT2D eigenvalue weighted by molar-refractivity contribution is 0.258. The number of aromatic amines is 1. The number of nitrogens with one attached hydrogen (secondary N) is 2. The Morgan fingerprint density at radius 2 is 1.63 bits per heavy atom. The summed E-state index contributed by atoms with van der Waals surface area (Å²) < 4.78 is 5.87. The zero-order valence-electron chi connectivity index (χ0n) is 20.5. The van der Waals surface area contributed by atoms with Crippen molar-refractivity contribution in [3.8, 4) is 28.5 Å². The SMILES string of the molecule is CN(C(=O)Nc1cccc(Oc2ccccc2)c1)c1cccc(-c2ccc(Cc3sc(=O)[nH]c3O)cc2)c1. The first-order chi connectivity index (χ1) is 18.4. The van der Waals surface area contributed by atoms with Gasteiger partial charge in [0.05, 0.1) is 4.88 Å². The molecule has 5 rings (SSSR count). The summed E-state index contributed by atoms with van der Waals surface area (Å²) in [5, 5.41) is 12.8. The molecular weight excluding hydrogens is 498 g/mol. The van der Waals surface area contributed by atoms with Crippen LogP contribution < -0.4 is 19.8 Å². The Hall–Kier alpha value is -4.82. The van der Waals surface area contributed by atoms with Crippen LogP contribution in [0.5, 0.6) is 17.4 Å². The van der Waals surface area contributed by atoms with E-state index < -0.39 is 0 Å². The van der Waals surface area contributed by atoms with Crippen LogP contribution in [-0.2, 0) is 6.42 Å². The predicted octanol–water partition coefficient (Wildman–Crippen LogP) is 6.86. The fourth-order valence-electron chi connectivity index (χ4n) is 3.95. The predicted molar refractivity (Wildman–Crippen MR) is 152 cm³/mol. The molecular formula is C30H25N3O4S. The van der Waals surface area contributed by atoms with Gasteiger partial charge in [0.2, 0.25) is 5.88 Å². The molecule has 0 aliphatic heterocycles. The Kier molecular flexibility index (Phi) is 7.24. The van der Waals surface area contributed by atoms with Crippen molar-refractivity contribution in [3.05, 3.63) is 123 Å². The van der Waals surface area contributed by atoms with Crippen LogP contribution >= 0.6 is 11.3 Å². The number of aromatic nitrogens is 1. The van der Waals surface area contributed by atoms with Gasteiger partial charge in [0.1, 0.15) is 11.5 Å². The fourth-order valence-corrected chi connectivity index (χ4v) is 4.71. The minimum absolute atomic E-state index is 0.0754. The highest BCUT2D eigenvalue weighted by atomic mass is 32.1. The van der Waals surface area contributed by atoms with Crippen molar-refractivity contribution in [2.24, 2.45) is 0 Å². The number of para-hydroxylation sites is 1. The van der Waals surface area contributed by atoms with Crippen LogP contribution in [0.25, 0.3) is 11.1 Å². The molecule has 0 aliphatic rings. The van der Waals surface area contributed by atoms with E-state index in [1.54, 1.807) is 18.0 Å². The molecule has 2 amide bonds. The molecule has 0 saturated heterocycles. The molecule has 3 N–H and O–H groups in total. The van der Waals surface area contributed by atoms with E-state index in [1.807, 2.05) is 97.1 Å². The van der Waals surface area contributed by atoms with Crippen molar-refractivity contribution in [3.63, 3.8) is 0 Å². The molecule has 0 fully saturated rings. The van der Waals surface area contributed by atoms with Crippen molar-refractivity contribution in [2.75, 3.05) is 17.3 Å². The monoisotopic (exact) mass is 523 g/mol. The zero-order chi connectivity index (χ0) is 26.5. The molecule has 190 valence electrons. The standard InChI is InChI=1S/C30H25N3O4S/c1-33(29(35)31-23-8-6-12-26(19-23)37-25-10-3-2-4-11-25)24-9-5-7-22(18-24)21-15-13-20(14-16-21)17-27-28(34)32-30(36)38-27/h2-16,18-19,34H,17H2,1H3,(H,31,35)(H,32,36). The third kappa shape index (κ3) is 5.93. The van der Waals surface area contributed by atoms with Crippen LogP contribution in [0.2, 0.25) is 0 Å². The number of hydrogen-bond donors (Lipinski definition) is 3. The lowest BCUT2D eigenvalue weighted by Crippen LogP contribution is -2.31. The summed E-state index contributed by atoms with van der Waals surface area (Å²) in [5.74, 6) is 1.27. The number of carbonyl (C=O) groups is 1. The number of amides is 2. The maximum atomic E-state index is 13.0. The largest absolute Gasteiger partial charge is 0.494 e. The van der Waals surface area contributed by atoms with Gasteiger partial charge in [-0.15, -0.1) is 0 Å². The van der Waals surface area contributed by atoms with Gasteiger partial charge in [0, 0.05) is 30.9 Å². The van der Waals surface area contributed by atoms with Gasteiger partial charge in [-0.05, 0) is 53.1 Å². The van der Waals surface area contributed by atoms with E-state index in [2.05, 4.69) is 10.3 Å². The first-order valence-electron chi connectivity index (χ1n) is 11.9. The molecule has 8 heteroatoms. The van der Waals surface area contributed by atoms with Gasteiger partial charge < -0.3 is 15.2 Å². The number of benzene rings is 4. The van der Waals surface area contributed by atoms with Crippen molar-refractivity contribution in [1.82, 2.24) is 4.98 Å². The van der Waals surface area contributed by atoms with E-state index >= 15 is 0 Å². The summed E-state index contributed by atoms with van der Waals surface area (Å²) in [6.07, 6.45) is 0.468. The number of nitrogens with zero attached hydrogens (tertiary/aromatic N) is 1. The van der Waals surface area contributed by atoms with E-state index in [4.69, 9.17) is 4.74 Å². The Bertz CT molecular complexity index is 1610. The van der Waals surface area contributed by atoms with Crippen molar-refractivity contribution in [2.45, 2.75) is 6.42 Å². The smallest absolute Gasteiger partial charge is 0.326 e. The molecule has 0 aliphatic carbocycles. The average molecular weight is 524 g/mol. The van der Waals surface area contributed by atoms with Crippen LogP contribution in [0.3, 0.4) is 0 Å². The van der Waals surface area contributed by atoms with Crippen LogP contribution in [0, 0.1) is 0 Å². The van der Waals surface area contributed by atoms with Crippen LogP contribution in [0.1, 0.15) is 10.4 Å². The lowest BCUT2D eigenvalue weighted by atomic mass is 10.0. The highest BCUT2D eigenvalue weighted by Gasteiger charge is 2.13. The number of H-pyrrole nitrogens is 1. The minimum atomic E-state index is -0.278. The van der Waals surface area contributed by atoms with Gasteiger partial charge in [0.25, 0.3) is 0 Å². The summed E-state index contributed by atoms with van der Waals surface area (Å²) in [5.41, 5.74) is 4.29. The number of aromatic hydroxyl groups is 1.